The van der Waals surface area contributed by atoms with Crippen LogP contribution in [0.4, 0.5) is 8.78 Å². The molecule has 0 saturated heterocycles. The maximum absolute atomic E-state index is 13.5. The van der Waals surface area contributed by atoms with Crippen LogP contribution in [-0.4, -0.2) is 0 Å². The Morgan fingerprint density at radius 1 is 0.759 bits per heavy atom. The molecule has 0 unspecified atom stereocenters. The molecule has 0 aromatic heterocycles. The van der Waals surface area contributed by atoms with E-state index in [9.17, 15) is 8.78 Å². The van der Waals surface area contributed by atoms with Crippen LogP contribution in [0.1, 0.15) is 77.2 Å². The topological polar surface area (TPSA) is 0 Å². The fourth-order valence-electron chi connectivity index (χ4n) is 5.80. The summed E-state index contributed by atoms with van der Waals surface area (Å²) in [5, 5.41) is 0. The highest BCUT2D eigenvalue weighted by Crippen LogP contribution is 2.50. The van der Waals surface area contributed by atoms with Crippen molar-refractivity contribution in [3.8, 4) is 11.1 Å². The first-order chi connectivity index (χ1) is 13.8. The number of halogens is 2. The first-order valence-corrected chi connectivity index (χ1v) is 11.3. The molecular formula is C27H34F2. The third-order valence-corrected chi connectivity index (χ3v) is 7.19. The molecule has 4 rings (SSSR count). The molecule has 0 heterocycles. The first-order valence-electron chi connectivity index (χ1n) is 11.3. The molecular weight excluding hydrogens is 362 g/mol. The summed E-state index contributed by atoms with van der Waals surface area (Å²) in [5.74, 6) is 2.43. The van der Waals surface area contributed by atoms with Crippen molar-refractivity contribution in [1.29, 1.82) is 0 Å². The van der Waals surface area contributed by atoms with Gasteiger partial charge in [0.2, 0.25) is 0 Å². The zero-order chi connectivity index (χ0) is 20.6. The van der Waals surface area contributed by atoms with Crippen LogP contribution in [0.5, 0.6) is 0 Å². The van der Waals surface area contributed by atoms with Gasteiger partial charge in [-0.15, -0.1) is 0 Å². The smallest absolute Gasteiger partial charge is 0.126 e. The lowest BCUT2D eigenvalue weighted by Crippen LogP contribution is -2.34. The average molecular weight is 397 g/mol. The standard InChI is InChI=1S/C27H34F2/c1-27(2,3)17-18-12-23(13-18)21-8-4-19(5-9-21)20-6-10-22(11-7-20)24-14-25(28)16-26(29)15-24/h6-7,10-11,14-16,18-19,21,23H,4-5,8-9,12-13,17H2,1-3H3. The summed E-state index contributed by atoms with van der Waals surface area (Å²) >= 11 is 0. The van der Waals surface area contributed by atoms with Crippen LogP contribution >= 0.6 is 0 Å². The molecule has 2 aromatic carbocycles. The van der Waals surface area contributed by atoms with E-state index >= 15 is 0 Å². The van der Waals surface area contributed by atoms with Gasteiger partial charge < -0.3 is 0 Å². The highest BCUT2D eigenvalue weighted by Gasteiger charge is 2.38. The molecule has 0 nitrogen and oxygen atoms in total. The molecule has 0 N–H and O–H groups in total. The first kappa shape index (κ1) is 20.6. The minimum atomic E-state index is -0.525. The van der Waals surface area contributed by atoms with Crippen LogP contribution < -0.4 is 0 Å². The van der Waals surface area contributed by atoms with Crippen molar-refractivity contribution >= 4 is 0 Å². The predicted molar refractivity (Wildman–Crippen MR) is 117 cm³/mol. The van der Waals surface area contributed by atoms with Gasteiger partial charge in [-0.2, -0.15) is 0 Å². The Hall–Kier alpha value is -1.70. The summed E-state index contributed by atoms with van der Waals surface area (Å²) in [5.41, 5.74) is 3.33. The van der Waals surface area contributed by atoms with Gasteiger partial charge in [0.05, 0.1) is 0 Å². The lowest BCUT2D eigenvalue weighted by Gasteiger charge is -2.45. The molecule has 2 fully saturated rings. The Bertz CT molecular complexity index is 796. The van der Waals surface area contributed by atoms with Gasteiger partial charge in [0.25, 0.3) is 0 Å². The Morgan fingerprint density at radius 2 is 1.34 bits per heavy atom. The van der Waals surface area contributed by atoms with Crippen LogP contribution in [0.3, 0.4) is 0 Å². The summed E-state index contributed by atoms with van der Waals surface area (Å²) in [6.07, 6.45) is 9.54. The van der Waals surface area contributed by atoms with Crippen LogP contribution in [-0.2, 0) is 0 Å². The van der Waals surface area contributed by atoms with Gasteiger partial charge in [0.15, 0.2) is 0 Å². The van der Waals surface area contributed by atoms with Gasteiger partial charge >= 0.3 is 0 Å². The second kappa shape index (κ2) is 8.20. The summed E-state index contributed by atoms with van der Waals surface area (Å²) in [7, 11) is 0. The predicted octanol–water partition coefficient (Wildman–Crippen LogP) is 8.37. The molecule has 2 heteroatoms. The largest absolute Gasteiger partial charge is 0.207 e. The van der Waals surface area contributed by atoms with Gasteiger partial charge in [-0.3, -0.25) is 0 Å². The normalized spacial score (nSPS) is 27.5. The van der Waals surface area contributed by atoms with E-state index in [0.717, 1.165) is 29.4 Å². The second-order valence-electron chi connectivity index (χ2n) is 10.8. The summed E-state index contributed by atoms with van der Waals surface area (Å²) in [6, 6.07) is 12.1. The SMILES string of the molecule is CC(C)(C)CC1CC(C2CCC(c3ccc(-c4cc(F)cc(F)c4)cc3)CC2)C1. The van der Waals surface area contributed by atoms with Crippen LogP contribution in [0.25, 0.3) is 11.1 Å². The minimum absolute atomic E-state index is 0.469. The Kier molecular flexibility index (Phi) is 5.82. The molecule has 2 saturated carbocycles. The van der Waals surface area contributed by atoms with Gasteiger partial charge in [0, 0.05) is 6.07 Å². The summed E-state index contributed by atoms with van der Waals surface area (Å²) in [4.78, 5) is 0. The highest BCUT2D eigenvalue weighted by molar-refractivity contribution is 5.63. The third kappa shape index (κ3) is 5.08. The number of benzene rings is 2. The highest BCUT2D eigenvalue weighted by atomic mass is 19.1. The van der Waals surface area contributed by atoms with Crippen molar-refractivity contribution in [2.75, 3.05) is 0 Å². The van der Waals surface area contributed by atoms with Gasteiger partial charge in [-0.25, -0.2) is 8.78 Å². The molecule has 156 valence electrons. The fraction of sp³-hybridized carbons (Fsp3) is 0.556. The summed E-state index contributed by atoms with van der Waals surface area (Å²) in [6.45, 7) is 7.09. The molecule has 29 heavy (non-hydrogen) atoms. The Morgan fingerprint density at radius 3 is 1.90 bits per heavy atom. The Labute approximate surface area is 174 Å². The van der Waals surface area contributed by atoms with E-state index in [1.165, 1.54) is 62.6 Å². The molecule has 0 radical (unpaired) electrons. The summed E-state index contributed by atoms with van der Waals surface area (Å²) < 4.78 is 27.0. The van der Waals surface area contributed by atoms with E-state index in [2.05, 4.69) is 32.9 Å². The zero-order valence-electron chi connectivity index (χ0n) is 18.1. The van der Waals surface area contributed by atoms with E-state index in [0.29, 0.717) is 16.9 Å². The Balaban J connectivity index is 1.30. The van der Waals surface area contributed by atoms with E-state index in [4.69, 9.17) is 0 Å². The third-order valence-electron chi connectivity index (χ3n) is 7.19. The maximum atomic E-state index is 13.5. The lowest BCUT2D eigenvalue weighted by atomic mass is 9.60. The maximum Gasteiger partial charge on any atom is 0.126 e. The van der Waals surface area contributed by atoms with Crippen LogP contribution in [0, 0.1) is 34.8 Å². The van der Waals surface area contributed by atoms with Gasteiger partial charge in [-0.05, 0) is 103 Å². The molecule has 2 aromatic rings. The van der Waals surface area contributed by atoms with E-state index in [-0.39, 0.29) is 0 Å². The van der Waals surface area contributed by atoms with E-state index in [1.54, 1.807) is 0 Å². The molecule has 0 spiro atoms. The molecule has 2 aliphatic carbocycles. The zero-order valence-corrected chi connectivity index (χ0v) is 18.1. The van der Waals surface area contributed by atoms with Crippen molar-refractivity contribution in [2.45, 2.75) is 71.6 Å². The molecule has 0 atom stereocenters. The lowest BCUT2D eigenvalue weighted by molar-refractivity contribution is 0.0669. The quantitative estimate of drug-likeness (QED) is 0.487. The molecule has 0 aliphatic heterocycles. The van der Waals surface area contributed by atoms with E-state index in [1.807, 2.05) is 12.1 Å². The van der Waals surface area contributed by atoms with Crippen LogP contribution in [0.2, 0.25) is 0 Å². The minimum Gasteiger partial charge on any atom is -0.207 e. The number of rotatable bonds is 4. The van der Waals surface area contributed by atoms with Gasteiger partial charge in [-0.1, -0.05) is 45.0 Å². The number of hydrogen-bond acceptors (Lipinski definition) is 0. The fourth-order valence-corrected chi connectivity index (χ4v) is 5.80. The van der Waals surface area contributed by atoms with E-state index < -0.39 is 11.6 Å². The van der Waals surface area contributed by atoms with Crippen molar-refractivity contribution in [1.82, 2.24) is 0 Å². The molecule has 0 bridgehead atoms. The monoisotopic (exact) mass is 396 g/mol. The van der Waals surface area contributed by atoms with Gasteiger partial charge in [0.1, 0.15) is 11.6 Å². The number of hydrogen-bond donors (Lipinski definition) is 0. The van der Waals surface area contributed by atoms with Crippen molar-refractivity contribution in [3.05, 3.63) is 59.7 Å². The van der Waals surface area contributed by atoms with Crippen molar-refractivity contribution < 1.29 is 8.78 Å². The molecule has 2 aliphatic rings. The molecule has 0 amide bonds. The van der Waals surface area contributed by atoms with Crippen LogP contribution in [0.15, 0.2) is 42.5 Å². The van der Waals surface area contributed by atoms with Crippen molar-refractivity contribution in [3.63, 3.8) is 0 Å². The second-order valence-corrected chi connectivity index (χ2v) is 10.8. The van der Waals surface area contributed by atoms with Crippen molar-refractivity contribution in [2.24, 2.45) is 23.2 Å². The average Bonchev–Trinajstić information content (AvgIpc) is 2.63.